The number of fused-ring (bicyclic) bond motifs is 2. The van der Waals surface area contributed by atoms with Crippen molar-refractivity contribution < 1.29 is 28.6 Å². The Balaban J connectivity index is 1.68. The maximum atomic E-state index is 13.4. The SMILES string of the molecule is COC(=O)[C@]1(C)[C@@H](O)CC[C@@]23C(=O)O[C@H]4c5occc5[C@H](C)[C@H](CC[C@@H]12)[C@H]43. The molecule has 0 radical (unpaired) electrons. The molecule has 0 amide bonds. The highest BCUT2D eigenvalue weighted by Gasteiger charge is 2.74. The lowest BCUT2D eigenvalue weighted by atomic mass is 9.42. The highest BCUT2D eigenvalue weighted by Crippen LogP contribution is 2.71. The van der Waals surface area contributed by atoms with Crippen LogP contribution in [-0.2, 0) is 19.1 Å². The van der Waals surface area contributed by atoms with Crippen molar-refractivity contribution in [3.05, 3.63) is 23.7 Å². The summed E-state index contributed by atoms with van der Waals surface area (Å²) < 4.78 is 16.8. The minimum Gasteiger partial charge on any atom is -0.469 e. The number of furan rings is 1. The molecule has 5 rings (SSSR count). The van der Waals surface area contributed by atoms with Crippen LogP contribution in [0.5, 0.6) is 0 Å². The van der Waals surface area contributed by atoms with E-state index >= 15 is 0 Å². The average molecular weight is 374 g/mol. The quantitative estimate of drug-likeness (QED) is 0.761. The first kappa shape index (κ1) is 17.3. The normalized spacial score (nSPS) is 47.5. The second kappa shape index (κ2) is 5.37. The van der Waals surface area contributed by atoms with Gasteiger partial charge in [-0.05, 0) is 56.4 Å². The van der Waals surface area contributed by atoms with Crippen LogP contribution in [0.1, 0.15) is 62.9 Å². The number of carbonyl (C=O) groups is 2. The fourth-order valence-corrected chi connectivity index (χ4v) is 7.11. The Hall–Kier alpha value is -1.82. The van der Waals surface area contributed by atoms with Crippen LogP contribution in [0.4, 0.5) is 0 Å². The van der Waals surface area contributed by atoms with Crippen molar-refractivity contribution in [2.45, 2.75) is 57.7 Å². The molecule has 2 saturated carbocycles. The summed E-state index contributed by atoms with van der Waals surface area (Å²) in [5, 5.41) is 10.8. The molecule has 4 aliphatic rings. The van der Waals surface area contributed by atoms with Crippen molar-refractivity contribution in [1.29, 1.82) is 0 Å². The van der Waals surface area contributed by atoms with Gasteiger partial charge in [0, 0.05) is 11.5 Å². The molecule has 1 aromatic heterocycles. The Kier molecular flexibility index (Phi) is 3.44. The van der Waals surface area contributed by atoms with E-state index in [2.05, 4.69) is 6.92 Å². The fraction of sp³-hybridized carbons (Fsp3) is 0.714. The van der Waals surface area contributed by atoms with Gasteiger partial charge in [-0.2, -0.15) is 0 Å². The summed E-state index contributed by atoms with van der Waals surface area (Å²) in [4.78, 5) is 26.1. The predicted octanol–water partition coefficient (Wildman–Crippen LogP) is 2.96. The van der Waals surface area contributed by atoms with E-state index in [0.29, 0.717) is 25.2 Å². The number of hydrogen-bond acceptors (Lipinski definition) is 6. The standard InChI is InChI=1S/C21H26O6/c1-10-11-4-5-13-20(2,18(23)25-3)14(22)6-8-21(13)15(11)17(27-19(21)24)16-12(10)7-9-26-16/h7,9-11,13-15,17,22H,4-6,8H2,1-3H3/t10-,11+,13+,14+,15-,17-,20+,21-/m1/s1. The highest BCUT2D eigenvalue weighted by molar-refractivity contribution is 5.85. The summed E-state index contributed by atoms with van der Waals surface area (Å²) in [6, 6.07) is 1.99. The fourth-order valence-electron chi connectivity index (χ4n) is 7.11. The summed E-state index contributed by atoms with van der Waals surface area (Å²) >= 11 is 0. The van der Waals surface area contributed by atoms with Crippen molar-refractivity contribution in [2.75, 3.05) is 7.11 Å². The van der Waals surface area contributed by atoms with E-state index in [0.717, 1.165) is 17.7 Å². The molecular formula is C21H26O6. The summed E-state index contributed by atoms with van der Waals surface area (Å²) in [6.07, 6.45) is 3.03. The molecule has 3 aliphatic carbocycles. The monoisotopic (exact) mass is 374 g/mol. The van der Waals surface area contributed by atoms with Crippen molar-refractivity contribution in [3.63, 3.8) is 0 Å². The Bertz CT molecular complexity index is 813. The number of aliphatic hydroxyl groups excluding tert-OH is 1. The zero-order valence-electron chi connectivity index (χ0n) is 15.9. The van der Waals surface area contributed by atoms with Gasteiger partial charge in [-0.1, -0.05) is 6.92 Å². The van der Waals surface area contributed by atoms with Crippen LogP contribution in [0, 0.1) is 28.6 Å². The second-order valence-corrected chi connectivity index (χ2v) is 9.04. The zero-order valence-corrected chi connectivity index (χ0v) is 15.9. The lowest BCUT2D eigenvalue weighted by Gasteiger charge is -2.58. The number of aliphatic hydroxyl groups is 1. The van der Waals surface area contributed by atoms with E-state index in [1.165, 1.54) is 7.11 Å². The van der Waals surface area contributed by atoms with Crippen LogP contribution in [0.3, 0.4) is 0 Å². The molecule has 1 aromatic rings. The van der Waals surface area contributed by atoms with Crippen molar-refractivity contribution >= 4 is 11.9 Å². The van der Waals surface area contributed by atoms with Gasteiger partial charge in [0.15, 0.2) is 6.10 Å². The van der Waals surface area contributed by atoms with Crippen LogP contribution in [0.2, 0.25) is 0 Å². The topological polar surface area (TPSA) is 86.0 Å². The molecule has 2 heterocycles. The first-order valence-corrected chi connectivity index (χ1v) is 9.92. The van der Waals surface area contributed by atoms with Gasteiger partial charge in [-0.15, -0.1) is 0 Å². The van der Waals surface area contributed by atoms with E-state index in [1.807, 2.05) is 6.07 Å². The van der Waals surface area contributed by atoms with Gasteiger partial charge in [-0.3, -0.25) is 9.59 Å². The lowest BCUT2D eigenvalue weighted by Crippen LogP contribution is -2.63. The Morgan fingerprint density at radius 3 is 2.85 bits per heavy atom. The second-order valence-electron chi connectivity index (χ2n) is 9.04. The van der Waals surface area contributed by atoms with E-state index in [9.17, 15) is 14.7 Å². The minimum absolute atomic E-state index is 0.0196. The molecule has 1 saturated heterocycles. The van der Waals surface area contributed by atoms with Crippen molar-refractivity contribution in [3.8, 4) is 0 Å². The van der Waals surface area contributed by atoms with E-state index in [-0.39, 0.29) is 29.8 Å². The van der Waals surface area contributed by atoms with Gasteiger partial charge >= 0.3 is 11.9 Å². The Morgan fingerprint density at radius 2 is 2.11 bits per heavy atom. The van der Waals surface area contributed by atoms with E-state index in [1.54, 1.807) is 13.2 Å². The van der Waals surface area contributed by atoms with Gasteiger partial charge in [0.1, 0.15) is 5.76 Å². The van der Waals surface area contributed by atoms with Crippen LogP contribution in [-0.4, -0.2) is 30.3 Å². The molecule has 27 heavy (non-hydrogen) atoms. The molecule has 0 unspecified atom stereocenters. The Labute approximate surface area is 158 Å². The van der Waals surface area contributed by atoms with Crippen LogP contribution < -0.4 is 0 Å². The average Bonchev–Trinajstić information content (AvgIpc) is 3.26. The third-order valence-corrected chi connectivity index (χ3v) is 8.40. The lowest BCUT2D eigenvalue weighted by molar-refractivity contribution is -0.196. The van der Waals surface area contributed by atoms with Crippen molar-refractivity contribution in [1.82, 2.24) is 0 Å². The third-order valence-electron chi connectivity index (χ3n) is 8.40. The zero-order chi connectivity index (χ0) is 19.1. The molecular weight excluding hydrogens is 348 g/mol. The van der Waals surface area contributed by atoms with E-state index < -0.39 is 22.9 Å². The molecule has 8 atom stereocenters. The first-order valence-electron chi connectivity index (χ1n) is 9.92. The van der Waals surface area contributed by atoms with Gasteiger partial charge < -0.3 is 19.0 Å². The van der Waals surface area contributed by atoms with Gasteiger partial charge in [-0.25, -0.2) is 0 Å². The molecule has 146 valence electrons. The minimum atomic E-state index is -1.10. The largest absolute Gasteiger partial charge is 0.469 e. The van der Waals surface area contributed by atoms with Crippen LogP contribution in [0.25, 0.3) is 0 Å². The molecule has 3 fully saturated rings. The third kappa shape index (κ3) is 1.81. The van der Waals surface area contributed by atoms with E-state index in [4.69, 9.17) is 13.9 Å². The molecule has 0 bridgehead atoms. The maximum absolute atomic E-state index is 13.4. The predicted molar refractivity (Wildman–Crippen MR) is 93.5 cm³/mol. The molecule has 6 heteroatoms. The first-order chi connectivity index (χ1) is 12.9. The van der Waals surface area contributed by atoms with Gasteiger partial charge in [0.2, 0.25) is 0 Å². The van der Waals surface area contributed by atoms with Crippen molar-refractivity contribution in [2.24, 2.45) is 28.6 Å². The maximum Gasteiger partial charge on any atom is 0.314 e. The Morgan fingerprint density at radius 1 is 1.33 bits per heavy atom. The van der Waals surface area contributed by atoms with Gasteiger partial charge in [0.25, 0.3) is 0 Å². The van der Waals surface area contributed by atoms with Crippen LogP contribution >= 0.6 is 0 Å². The molecule has 1 spiro atoms. The number of esters is 2. The number of hydrogen-bond donors (Lipinski definition) is 1. The van der Waals surface area contributed by atoms with Gasteiger partial charge in [0.05, 0.1) is 30.3 Å². The summed E-state index contributed by atoms with van der Waals surface area (Å²) in [6.45, 7) is 3.96. The van der Waals surface area contributed by atoms with Crippen LogP contribution in [0.15, 0.2) is 16.7 Å². The summed E-state index contributed by atoms with van der Waals surface area (Å²) in [7, 11) is 1.35. The molecule has 0 aromatic carbocycles. The highest BCUT2D eigenvalue weighted by atomic mass is 16.6. The number of carbonyl (C=O) groups excluding carboxylic acids is 2. The number of methoxy groups -OCH3 is 1. The summed E-state index contributed by atoms with van der Waals surface area (Å²) in [5.41, 5.74) is -0.719. The molecule has 6 nitrogen and oxygen atoms in total. The summed E-state index contributed by atoms with van der Waals surface area (Å²) in [5.74, 6) is 0.378. The number of rotatable bonds is 1. The smallest absolute Gasteiger partial charge is 0.314 e. The molecule has 1 aliphatic heterocycles. The molecule has 1 N–H and O–H groups in total. The number of ether oxygens (including phenoxy) is 2.